The van der Waals surface area contributed by atoms with E-state index in [4.69, 9.17) is 37.7 Å². The van der Waals surface area contributed by atoms with E-state index in [-0.39, 0.29) is 18.0 Å². The highest BCUT2D eigenvalue weighted by Gasteiger charge is 2.59. The Labute approximate surface area is 213 Å². The molecular formula is C26H26Cl2N4O3. The number of hydrogen-bond acceptors (Lipinski definition) is 6. The monoisotopic (exact) mass is 512 g/mol. The third kappa shape index (κ3) is 4.17. The number of amides is 1. The first-order valence-corrected chi connectivity index (χ1v) is 12.2. The Balaban J connectivity index is 1.44. The van der Waals surface area contributed by atoms with Gasteiger partial charge in [-0.2, -0.15) is 0 Å². The van der Waals surface area contributed by atoms with Crippen LogP contribution in [0.4, 0.5) is 5.95 Å². The predicted octanol–water partition coefficient (Wildman–Crippen LogP) is 5.36. The van der Waals surface area contributed by atoms with Crippen LogP contribution in [-0.4, -0.2) is 42.2 Å². The Bertz CT molecular complexity index is 1300. The van der Waals surface area contributed by atoms with Crippen LogP contribution in [0.1, 0.15) is 13.3 Å². The minimum absolute atomic E-state index is 0.0284. The second-order valence-corrected chi connectivity index (χ2v) is 9.83. The van der Waals surface area contributed by atoms with Crippen LogP contribution in [0.15, 0.2) is 43.1 Å². The molecule has 7 nitrogen and oxygen atoms in total. The lowest BCUT2D eigenvalue weighted by Gasteiger charge is -2.25. The van der Waals surface area contributed by atoms with E-state index >= 15 is 0 Å². The van der Waals surface area contributed by atoms with E-state index < -0.39 is 0 Å². The van der Waals surface area contributed by atoms with Gasteiger partial charge in [0.2, 0.25) is 11.9 Å². The Morgan fingerprint density at radius 1 is 1.17 bits per heavy atom. The van der Waals surface area contributed by atoms with Crippen molar-refractivity contribution in [2.75, 3.05) is 19.5 Å². The summed E-state index contributed by atoms with van der Waals surface area (Å²) < 4.78 is 10.8. The van der Waals surface area contributed by atoms with Gasteiger partial charge in [-0.25, -0.2) is 9.97 Å². The molecule has 2 aromatic carbocycles. The number of ether oxygens (including phenoxy) is 2. The molecular weight excluding hydrogens is 487 g/mol. The second kappa shape index (κ2) is 9.21. The molecule has 5 rings (SSSR count). The maximum absolute atomic E-state index is 11.9. The number of carbonyl (C=O) groups is 1. The third-order valence-electron chi connectivity index (χ3n) is 7.26. The Hall–Kier alpha value is -3.03. The Kier molecular flexibility index (Phi) is 6.23. The zero-order valence-electron chi connectivity index (χ0n) is 19.6. The van der Waals surface area contributed by atoms with Gasteiger partial charge in [0.05, 0.1) is 35.8 Å². The maximum Gasteiger partial charge on any atom is 0.243 e. The van der Waals surface area contributed by atoms with Crippen LogP contribution < -0.4 is 20.1 Å². The first-order chi connectivity index (χ1) is 16.9. The number of rotatable bonds is 7. The number of nitrogens with zero attached hydrogens (tertiary/aromatic N) is 2. The molecule has 35 heavy (non-hydrogen) atoms. The molecule has 0 aliphatic heterocycles. The largest absolute Gasteiger partial charge is 0.495 e. The van der Waals surface area contributed by atoms with E-state index in [0.29, 0.717) is 50.8 Å². The molecule has 2 aliphatic rings. The lowest BCUT2D eigenvalue weighted by Crippen LogP contribution is -2.45. The lowest BCUT2D eigenvalue weighted by molar-refractivity contribution is -0.117. The summed E-state index contributed by atoms with van der Waals surface area (Å²) in [5, 5.41) is 8.17. The highest BCUT2D eigenvalue weighted by molar-refractivity contribution is 6.41. The highest BCUT2D eigenvalue weighted by Crippen LogP contribution is 2.57. The standard InChI is InChI=1S/C26H26Cl2N4O3/c1-5-20(33)30-17-9-15-12(2)21(15)25(17)32-26-29-11-14-8-13(6-7-16(14)31-26)22-23(27)18(34-3)10-19(35-4)24(22)28/h5-8,10-12,15,17,21,25H,1,9H2,2-4H3,(H,30,33)(H,29,31,32)/t12-,15+,17-,21-,25-/m0/s1. The van der Waals surface area contributed by atoms with E-state index in [1.54, 1.807) is 26.5 Å². The first kappa shape index (κ1) is 23.7. The molecule has 2 aliphatic carbocycles. The van der Waals surface area contributed by atoms with Crippen LogP contribution in [0.2, 0.25) is 10.0 Å². The molecule has 182 valence electrons. The number of aromatic nitrogens is 2. The SMILES string of the molecule is C=CC(=O)N[C@H]1C[C@@H]2[C@H](C)[C@@H]2[C@H]1Nc1ncc2cc(-c3c(Cl)c(OC)cc(OC)c3Cl)ccc2n1. The molecule has 0 unspecified atom stereocenters. The summed E-state index contributed by atoms with van der Waals surface area (Å²) >= 11 is 13.2. The number of fused-ring (bicyclic) bond motifs is 2. The lowest BCUT2D eigenvalue weighted by atomic mass is 10.0. The molecule has 2 fully saturated rings. The molecule has 0 radical (unpaired) electrons. The number of halogens is 2. The van der Waals surface area contributed by atoms with E-state index in [0.717, 1.165) is 22.9 Å². The van der Waals surface area contributed by atoms with Crippen LogP contribution in [0.3, 0.4) is 0 Å². The Morgan fingerprint density at radius 2 is 1.89 bits per heavy atom. The molecule has 5 atom stereocenters. The van der Waals surface area contributed by atoms with Crippen LogP contribution in [-0.2, 0) is 4.79 Å². The van der Waals surface area contributed by atoms with Gasteiger partial charge >= 0.3 is 0 Å². The topological polar surface area (TPSA) is 85.4 Å². The smallest absolute Gasteiger partial charge is 0.243 e. The summed E-state index contributed by atoms with van der Waals surface area (Å²) in [5.41, 5.74) is 2.19. The molecule has 0 bridgehead atoms. The average Bonchev–Trinajstić information content (AvgIpc) is 3.34. The highest BCUT2D eigenvalue weighted by atomic mass is 35.5. The molecule has 1 amide bonds. The summed E-state index contributed by atoms with van der Waals surface area (Å²) in [7, 11) is 3.09. The number of anilines is 1. The number of hydrogen-bond donors (Lipinski definition) is 2. The third-order valence-corrected chi connectivity index (χ3v) is 8.01. The van der Waals surface area contributed by atoms with Crippen molar-refractivity contribution >= 4 is 46.0 Å². The number of methoxy groups -OCH3 is 2. The predicted molar refractivity (Wildman–Crippen MR) is 138 cm³/mol. The zero-order valence-corrected chi connectivity index (χ0v) is 21.2. The Morgan fingerprint density at radius 3 is 2.54 bits per heavy atom. The van der Waals surface area contributed by atoms with Crippen molar-refractivity contribution < 1.29 is 14.3 Å². The fourth-order valence-corrected chi connectivity index (χ4v) is 6.11. The van der Waals surface area contributed by atoms with Crippen molar-refractivity contribution in [2.24, 2.45) is 17.8 Å². The van der Waals surface area contributed by atoms with E-state index in [2.05, 4.69) is 29.1 Å². The van der Waals surface area contributed by atoms with Gasteiger partial charge in [0.15, 0.2) is 0 Å². The van der Waals surface area contributed by atoms with E-state index in [9.17, 15) is 4.79 Å². The quantitative estimate of drug-likeness (QED) is 0.414. The van der Waals surface area contributed by atoms with Crippen molar-refractivity contribution in [3.63, 3.8) is 0 Å². The summed E-state index contributed by atoms with van der Waals surface area (Å²) in [6.07, 6.45) is 4.03. The van der Waals surface area contributed by atoms with Gasteiger partial charge in [0.1, 0.15) is 11.5 Å². The van der Waals surface area contributed by atoms with Crippen molar-refractivity contribution in [3.05, 3.63) is 53.2 Å². The van der Waals surface area contributed by atoms with Gasteiger partial charge in [0.25, 0.3) is 0 Å². The normalized spacial score (nSPS) is 24.5. The van der Waals surface area contributed by atoms with Crippen LogP contribution in [0.5, 0.6) is 11.5 Å². The fraction of sp³-hybridized carbons (Fsp3) is 0.346. The molecule has 0 spiro atoms. The number of carbonyl (C=O) groups excluding carboxylic acids is 1. The average molecular weight is 513 g/mol. The van der Waals surface area contributed by atoms with Gasteiger partial charge in [-0.15, -0.1) is 0 Å². The molecule has 0 saturated heterocycles. The van der Waals surface area contributed by atoms with Crippen molar-refractivity contribution in [2.45, 2.75) is 25.4 Å². The molecule has 1 aromatic heterocycles. The summed E-state index contributed by atoms with van der Waals surface area (Å²) in [6, 6.07) is 7.53. The van der Waals surface area contributed by atoms with Crippen molar-refractivity contribution in [3.8, 4) is 22.6 Å². The first-order valence-electron chi connectivity index (χ1n) is 11.4. The van der Waals surface area contributed by atoms with Gasteiger partial charge in [-0.1, -0.05) is 42.8 Å². The minimum Gasteiger partial charge on any atom is -0.495 e. The maximum atomic E-state index is 11.9. The molecule has 2 saturated carbocycles. The fourth-order valence-electron chi connectivity index (χ4n) is 5.39. The number of benzene rings is 2. The molecule has 2 N–H and O–H groups in total. The van der Waals surface area contributed by atoms with Gasteiger partial charge < -0.3 is 20.1 Å². The summed E-state index contributed by atoms with van der Waals surface area (Å²) in [4.78, 5) is 21.2. The van der Waals surface area contributed by atoms with E-state index in [1.807, 2.05) is 18.2 Å². The number of nitrogens with one attached hydrogen (secondary N) is 2. The van der Waals surface area contributed by atoms with E-state index in [1.165, 1.54) is 6.08 Å². The van der Waals surface area contributed by atoms with Gasteiger partial charge in [-0.05, 0) is 47.9 Å². The summed E-state index contributed by atoms with van der Waals surface area (Å²) in [6.45, 7) is 5.81. The van der Waals surface area contributed by atoms with Crippen molar-refractivity contribution in [1.29, 1.82) is 0 Å². The van der Waals surface area contributed by atoms with Gasteiger partial charge in [0, 0.05) is 29.3 Å². The molecule has 3 aromatic rings. The van der Waals surface area contributed by atoms with Crippen LogP contribution in [0, 0.1) is 17.8 Å². The van der Waals surface area contributed by atoms with Crippen LogP contribution in [0.25, 0.3) is 22.0 Å². The molecule has 1 heterocycles. The zero-order chi connectivity index (χ0) is 24.9. The van der Waals surface area contributed by atoms with Crippen LogP contribution >= 0.6 is 23.2 Å². The van der Waals surface area contributed by atoms with Gasteiger partial charge in [-0.3, -0.25) is 4.79 Å². The minimum atomic E-state index is -0.158. The second-order valence-electron chi connectivity index (χ2n) is 9.08. The van der Waals surface area contributed by atoms with Crippen molar-refractivity contribution in [1.82, 2.24) is 15.3 Å². The summed E-state index contributed by atoms with van der Waals surface area (Å²) in [5.74, 6) is 3.06. The molecule has 9 heteroatoms.